The van der Waals surface area contributed by atoms with E-state index in [1.165, 1.54) is 16.7 Å². The Hall–Kier alpha value is -3.90. The summed E-state index contributed by atoms with van der Waals surface area (Å²) >= 11 is 0. The monoisotopic (exact) mass is 594 g/mol. The maximum absolute atomic E-state index is 12.3. The van der Waals surface area contributed by atoms with E-state index in [9.17, 15) is 28.8 Å². The van der Waals surface area contributed by atoms with E-state index in [0.29, 0.717) is 57.4 Å². The number of ether oxygens (including phenoxy) is 3. The van der Waals surface area contributed by atoms with Crippen molar-refractivity contribution in [1.29, 1.82) is 0 Å². The number of hydrogen-bond acceptors (Lipinski definition) is 9. The second-order valence-corrected chi connectivity index (χ2v) is 10.0. The summed E-state index contributed by atoms with van der Waals surface area (Å²) in [4.78, 5) is 72.9. The van der Waals surface area contributed by atoms with Crippen LogP contribution in [0.5, 0.6) is 0 Å². The minimum absolute atomic E-state index is 0.0351. The molecule has 1 saturated heterocycles. The van der Waals surface area contributed by atoms with Gasteiger partial charge in [-0.3, -0.25) is 4.79 Å². The summed E-state index contributed by atoms with van der Waals surface area (Å²) in [6, 6.07) is -0.541. The summed E-state index contributed by atoms with van der Waals surface area (Å²) in [7, 11) is 0. The number of hydrogen-bond donors (Lipinski definition) is 2. The number of imide groups is 2. The van der Waals surface area contributed by atoms with Gasteiger partial charge in [0, 0.05) is 38.2 Å². The number of ketones is 1. The second-order valence-electron chi connectivity index (χ2n) is 10.0. The minimum Gasteiger partial charge on any atom is -0.459 e. The molecule has 0 unspecified atom stereocenters. The van der Waals surface area contributed by atoms with Gasteiger partial charge in [-0.15, -0.1) is 0 Å². The van der Waals surface area contributed by atoms with Crippen LogP contribution in [-0.4, -0.2) is 91.8 Å². The highest BCUT2D eigenvalue weighted by atomic mass is 16.6. The molecule has 1 rings (SSSR count). The fourth-order valence-corrected chi connectivity index (χ4v) is 3.78. The molecule has 0 aromatic carbocycles. The summed E-state index contributed by atoms with van der Waals surface area (Å²) in [5.74, 6) is -0.568. The van der Waals surface area contributed by atoms with Crippen LogP contribution in [0.1, 0.15) is 78.1 Å². The second kappa shape index (κ2) is 20.9. The Morgan fingerprint density at radius 1 is 0.619 bits per heavy atom. The van der Waals surface area contributed by atoms with Crippen LogP contribution in [-0.2, 0) is 23.8 Å². The molecule has 0 aliphatic carbocycles. The molecule has 0 aromatic rings. The lowest BCUT2D eigenvalue weighted by Gasteiger charge is -2.39. The van der Waals surface area contributed by atoms with Gasteiger partial charge >= 0.3 is 30.2 Å². The van der Waals surface area contributed by atoms with Crippen LogP contribution >= 0.6 is 0 Å². The Bertz CT molecular complexity index is 879. The first kappa shape index (κ1) is 36.1. The maximum atomic E-state index is 12.3. The van der Waals surface area contributed by atoms with Crippen LogP contribution in [0.4, 0.5) is 19.2 Å². The number of allylic oxidation sites excluding steroid dienone is 1. The molecule has 0 atom stereocenters. The molecule has 13 heteroatoms. The fourth-order valence-electron chi connectivity index (χ4n) is 3.78. The van der Waals surface area contributed by atoms with E-state index in [2.05, 4.69) is 23.8 Å². The number of carbonyl (C=O) groups is 6. The molecule has 0 saturated carbocycles. The average molecular weight is 595 g/mol. The Morgan fingerprint density at radius 2 is 1.07 bits per heavy atom. The molecule has 13 nitrogen and oxygen atoms in total. The number of esters is 1. The van der Waals surface area contributed by atoms with E-state index >= 15 is 0 Å². The summed E-state index contributed by atoms with van der Waals surface area (Å²) in [6.45, 7) is 12.0. The summed E-state index contributed by atoms with van der Waals surface area (Å²) in [5, 5.41) is 5.27. The van der Waals surface area contributed by atoms with Crippen LogP contribution in [0.3, 0.4) is 0 Å². The topological polar surface area (TPSA) is 161 Å². The number of urea groups is 2. The molecule has 1 heterocycles. The maximum Gasteiger partial charge on any atom is 0.407 e. The number of nitrogens with zero attached hydrogens (tertiary/aromatic N) is 2. The SMILES string of the molecule is C=C(C)C(=O)CCCOC(=O)NCCCCCCN1C(=O)N(CCCCCCNC(=O)OCCOC(=O)C(=C)C)C1=O. The van der Waals surface area contributed by atoms with Crippen LogP contribution in [0, 0.1) is 0 Å². The van der Waals surface area contributed by atoms with Crippen molar-refractivity contribution in [2.75, 3.05) is 46.0 Å². The van der Waals surface area contributed by atoms with Gasteiger partial charge in [-0.05, 0) is 51.5 Å². The highest BCUT2D eigenvalue weighted by molar-refractivity contribution is 6.11. The van der Waals surface area contributed by atoms with E-state index < -0.39 is 18.2 Å². The third-order valence-corrected chi connectivity index (χ3v) is 6.23. The number of Topliss-reactive ketones (excluding diaryl/α,β-unsaturated/α-hetero) is 1. The molecular weight excluding hydrogens is 548 g/mol. The third kappa shape index (κ3) is 15.2. The van der Waals surface area contributed by atoms with Crippen LogP contribution in [0.2, 0.25) is 0 Å². The van der Waals surface area contributed by atoms with Crippen LogP contribution in [0.15, 0.2) is 24.3 Å². The summed E-state index contributed by atoms with van der Waals surface area (Å²) in [5.41, 5.74) is 0.772. The van der Waals surface area contributed by atoms with E-state index in [-0.39, 0.29) is 43.2 Å². The standard InChI is InChI=1S/C29H46N4O9/c1-22(2)24(34)14-13-19-41-26(36)30-15-9-5-7-11-17-32-28(38)33(29(32)39)18-12-8-6-10-16-31-27(37)42-21-20-40-25(35)23(3)4/h1,3,5-21H2,2,4H3,(H,30,36)(H,31,37). The molecule has 0 aromatic heterocycles. The zero-order chi connectivity index (χ0) is 31.3. The van der Waals surface area contributed by atoms with E-state index in [0.717, 1.165) is 38.5 Å². The normalized spacial score (nSPS) is 12.3. The number of rotatable bonds is 23. The Balaban J connectivity index is 1.96. The molecule has 0 bridgehead atoms. The van der Waals surface area contributed by atoms with Crippen molar-refractivity contribution in [3.05, 3.63) is 24.3 Å². The van der Waals surface area contributed by atoms with Gasteiger partial charge in [-0.2, -0.15) is 0 Å². The molecule has 1 fully saturated rings. The average Bonchev–Trinajstić information content (AvgIpc) is 2.95. The van der Waals surface area contributed by atoms with Crippen molar-refractivity contribution in [3.63, 3.8) is 0 Å². The predicted octanol–water partition coefficient (Wildman–Crippen LogP) is 4.46. The van der Waals surface area contributed by atoms with Gasteiger partial charge in [0.2, 0.25) is 0 Å². The first-order valence-corrected chi connectivity index (χ1v) is 14.5. The van der Waals surface area contributed by atoms with Crippen molar-refractivity contribution in [2.45, 2.75) is 78.1 Å². The lowest BCUT2D eigenvalue weighted by molar-refractivity contribution is -0.139. The summed E-state index contributed by atoms with van der Waals surface area (Å²) < 4.78 is 14.7. The molecule has 1 aliphatic rings. The molecule has 42 heavy (non-hydrogen) atoms. The molecule has 0 radical (unpaired) electrons. The lowest BCUT2D eigenvalue weighted by Crippen LogP contribution is -2.64. The van der Waals surface area contributed by atoms with Crippen molar-refractivity contribution >= 4 is 36.0 Å². The van der Waals surface area contributed by atoms with E-state index in [4.69, 9.17) is 14.2 Å². The molecule has 2 N–H and O–H groups in total. The lowest BCUT2D eigenvalue weighted by atomic mass is 10.1. The minimum atomic E-state index is -0.587. The van der Waals surface area contributed by atoms with Gasteiger partial charge in [-0.1, -0.05) is 38.8 Å². The molecule has 6 amide bonds. The Morgan fingerprint density at radius 3 is 1.55 bits per heavy atom. The third-order valence-electron chi connectivity index (χ3n) is 6.23. The van der Waals surface area contributed by atoms with Gasteiger partial charge in [0.15, 0.2) is 5.78 Å². The molecular formula is C29H46N4O9. The van der Waals surface area contributed by atoms with Gasteiger partial charge < -0.3 is 24.8 Å². The molecule has 236 valence electrons. The quantitative estimate of drug-likeness (QED) is 0.0753. The fraction of sp³-hybridized carbons (Fsp3) is 0.655. The smallest absolute Gasteiger partial charge is 0.407 e. The summed E-state index contributed by atoms with van der Waals surface area (Å²) in [6.07, 6.45) is 5.81. The van der Waals surface area contributed by atoms with Crippen LogP contribution in [0.25, 0.3) is 0 Å². The van der Waals surface area contributed by atoms with Crippen molar-refractivity contribution in [2.24, 2.45) is 0 Å². The number of unbranched alkanes of at least 4 members (excludes halogenated alkanes) is 6. The van der Waals surface area contributed by atoms with Gasteiger partial charge in [0.25, 0.3) is 0 Å². The first-order valence-electron chi connectivity index (χ1n) is 14.5. The van der Waals surface area contributed by atoms with Crippen molar-refractivity contribution in [3.8, 4) is 0 Å². The Labute approximate surface area is 248 Å². The number of amides is 6. The number of carbonyl (C=O) groups excluding carboxylic acids is 6. The molecule has 1 aliphatic heterocycles. The van der Waals surface area contributed by atoms with Gasteiger partial charge in [0.1, 0.15) is 13.2 Å². The van der Waals surface area contributed by atoms with Gasteiger partial charge in [-0.25, -0.2) is 33.8 Å². The number of nitrogens with one attached hydrogen (secondary N) is 2. The number of alkyl carbamates (subject to hydrolysis) is 2. The molecule has 0 spiro atoms. The zero-order valence-corrected chi connectivity index (χ0v) is 25.0. The zero-order valence-electron chi connectivity index (χ0n) is 25.0. The van der Waals surface area contributed by atoms with E-state index in [1.807, 2.05) is 0 Å². The predicted molar refractivity (Wildman–Crippen MR) is 155 cm³/mol. The highest BCUT2D eigenvalue weighted by Crippen LogP contribution is 2.18. The van der Waals surface area contributed by atoms with Crippen molar-refractivity contribution in [1.82, 2.24) is 20.4 Å². The van der Waals surface area contributed by atoms with Crippen LogP contribution < -0.4 is 10.6 Å². The first-order chi connectivity index (χ1) is 20.0. The highest BCUT2D eigenvalue weighted by Gasteiger charge is 2.42. The Kier molecular flexibility index (Phi) is 18.0. The van der Waals surface area contributed by atoms with Crippen molar-refractivity contribution < 1.29 is 43.0 Å². The van der Waals surface area contributed by atoms with E-state index in [1.54, 1.807) is 6.92 Å². The van der Waals surface area contributed by atoms with Gasteiger partial charge in [0.05, 0.1) is 6.61 Å². The largest absolute Gasteiger partial charge is 0.459 e.